The molecule has 2 aromatic rings. The third-order valence-corrected chi connectivity index (χ3v) is 4.60. The molecule has 0 bridgehead atoms. The van der Waals surface area contributed by atoms with Crippen LogP contribution in [0.15, 0.2) is 47.4 Å². The van der Waals surface area contributed by atoms with E-state index in [1.165, 1.54) is 18.7 Å². The van der Waals surface area contributed by atoms with Gasteiger partial charge in [-0.25, -0.2) is 4.79 Å². The van der Waals surface area contributed by atoms with Gasteiger partial charge in [-0.2, -0.15) is 0 Å². The summed E-state index contributed by atoms with van der Waals surface area (Å²) in [6.45, 7) is 1.23. The lowest BCUT2D eigenvalue weighted by molar-refractivity contribution is -0.120. The highest BCUT2D eigenvalue weighted by atomic mass is 32.2. The molecular formula is C19H17NO6S. The van der Waals surface area contributed by atoms with Gasteiger partial charge in [0, 0.05) is 16.6 Å². The number of ketones is 1. The van der Waals surface area contributed by atoms with Crippen LogP contribution < -0.4 is 14.8 Å². The van der Waals surface area contributed by atoms with Crippen LogP contribution in [0.25, 0.3) is 0 Å². The lowest BCUT2D eigenvalue weighted by Crippen LogP contribution is -2.15. The lowest BCUT2D eigenvalue weighted by atomic mass is 10.2. The maximum atomic E-state index is 12.2. The predicted molar refractivity (Wildman–Crippen MR) is 99.3 cm³/mol. The van der Waals surface area contributed by atoms with Crippen LogP contribution in [0.1, 0.15) is 17.3 Å². The molecule has 27 heavy (non-hydrogen) atoms. The number of anilines is 1. The quantitative estimate of drug-likeness (QED) is 0.577. The Hall–Kier alpha value is -3.00. The largest absolute Gasteiger partial charge is 0.454 e. The number of carbonyl (C=O) groups excluding carboxylic acids is 3. The van der Waals surface area contributed by atoms with Crippen molar-refractivity contribution in [2.24, 2.45) is 0 Å². The van der Waals surface area contributed by atoms with Gasteiger partial charge in [-0.05, 0) is 31.2 Å². The Kier molecular flexibility index (Phi) is 5.97. The summed E-state index contributed by atoms with van der Waals surface area (Å²) in [5.74, 6) is 0.261. The SMILES string of the molecule is CC(=O)COC(=O)c1ccccc1SCC(=O)Nc1ccc2c(c1)OCO2. The molecule has 0 fully saturated rings. The summed E-state index contributed by atoms with van der Waals surface area (Å²) in [5, 5.41) is 2.77. The Morgan fingerprint density at radius 3 is 2.70 bits per heavy atom. The van der Waals surface area contributed by atoms with E-state index in [9.17, 15) is 14.4 Å². The molecule has 0 aromatic heterocycles. The standard InChI is InChI=1S/C19H17NO6S/c1-12(21)9-24-19(23)14-4-2-3-5-17(14)27-10-18(22)20-13-6-7-15-16(8-13)26-11-25-15/h2-8H,9-11H2,1H3,(H,20,22). The van der Waals surface area contributed by atoms with E-state index < -0.39 is 5.97 Å². The molecule has 0 saturated carbocycles. The summed E-state index contributed by atoms with van der Waals surface area (Å²) in [4.78, 5) is 35.9. The van der Waals surface area contributed by atoms with Gasteiger partial charge in [0.05, 0.1) is 11.3 Å². The summed E-state index contributed by atoms with van der Waals surface area (Å²) in [5.41, 5.74) is 0.915. The van der Waals surface area contributed by atoms with Gasteiger partial charge in [-0.3, -0.25) is 9.59 Å². The molecule has 1 N–H and O–H groups in total. The fourth-order valence-electron chi connectivity index (χ4n) is 2.32. The Bertz CT molecular complexity index is 882. The van der Waals surface area contributed by atoms with Crippen LogP contribution in [0.3, 0.4) is 0 Å². The molecule has 8 heteroatoms. The van der Waals surface area contributed by atoms with Crippen molar-refractivity contribution in [2.75, 3.05) is 24.5 Å². The maximum Gasteiger partial charge on any atom is 0.339 e. The first kappa shape index (κ1) is 18.8. The lowest BCUT2D eigenvalue weighted by Gasteiger charge is -2.09. The van der Waals surface area contributed by atoms with Crippen LogP contribution in [-0.2, 0) is 14.3 Å². The summed E-state index contributed by atoms with van der Waals surface area (Å²) in [6, 6.07) is 11.9. The van der Waals surface area contributed by atoms with Crippen LogP contribution in [-0.4, -0.2) is 36.8 Å². The van der Waals surface area contributed by atoms with Gasteiger partial charge in [0.2, 0.25) is 12.7 Å². The highest BCUT2D eigenvalue weighted by molar-refractivity contribution is 8.00. The van der Waals surface area contributed by atoms with E-state index in [0.29, 0.717) is 27.6 Å². The van der Waals surface area contributed by atoms with Crippen molar-refractivity contribution >= 4 is 35.1 Å². The third-order valence-electron chi connectivity index (χ3n) is 3.53. The first-order valence-corrected chi connectivity index (χ1v) is 9.09. The molecule has 0 atom stereocenters. The van der Waals surface area contributed by atoms with E-state index in [4.69, 9.17) is 14.2 Å². The highest BCUT2D eigenvalue weighted by Crippen LogP contribution is 2.34. The number of hydrogen-bond acceptors (Lipinski definition) is 7. The number of nitrogens with one attached hydrogen (secondary N) is 1. The molecule has 0 spiro atoms. The molecule has 0 saturated heterocycles. The van der Waals surface area contributed by atoms with Gasteiger partial charge >= 0.3 is 5.97 Å². The number of esters is 1. The maximum absolute atomic E-state index is 12.2. The van der Waals surface area contributed by atoms with E-state index in [1.54, 1.807) is 42.5 Å². The fourth-order valence-corrected chi connectivity index (χ4v) is 3.16. The van der Waals surface area contributed by atoms with Crippen molar-refractivity contribution in [1.82, 2.24) is 0 Å². The van der Waals surface area contributed by atoms with E-state index >= 15 is 0 Å². The monoisotopic (exact) mass is 387 g/mol. The van der Waals surface area contributed by atoms with Crippen molar-refractivity contribution in [3.8, 4) is 11.5 Å². The number of ether oxygens (including phenoxy) is 3. The second kappa shape index (κ2) is 8.59. The zero-order valence-electron chi connectivity index (χ0n) is 14.5. The van der Waals surface area contributed by atoms with Crippen LogP contribution in [0, 0.1) is 0 Å². The summed E-state index contributed by atoms with van der Waals surface area (Å²) in [7, 11) is 0. The van der Waals surface area contributed by atoms with Gasteiger partial charge in [-0.1, -0.05) is 12.1 Å². The van der Waals surface area contributed by atoms with Crippen molar-refractivity contribution in [2.45, 2.75) is 11.8 Å². The van der Waals surface area contributed by atoms with E-state index in [-0.39, 0.29) is 30.8 Å². The average molecular weight is 387 g/mol. The van der Waals surface area contributed by atoms with E-state index in [2.05, 4.69) is 5.32 Å². The first-order valence-electron chi connectivity index (χ1n) is 8.11. The number of hydrogen-bond donors (Lipinski definition) is 1. The predicted octanol–water partition coefficient (Wildman–Crippen LogP) is 2.89. The minimum absolute atomic E-state index is 0.103. The Morgan fingerprint density at radius 2 is 1.89 bits per heavy atom. The Morgan fingerprint density at radius 1 is 1.11 bits per heavy atom. The Balaban J connectivity index is 1.59. The van der Waals surface area contributed by atoms with Crippen molar-refractivity contribution in [3.63, 3.8) is 0 Å². The molecule has 1 heterocycles. The topological polar surface area (TPSA) is 90.9 Å². The normalized spacial score (nSPS) is 11.7. The number of thioether (sulfide) groups is 1. The number of Topliss-reactive ketones (excluding diaryl/α,β-unsaturated/α-hetero) is 1. The molecule has 1 amide bonds. The van der Waals surface area contributed by atoms with Crippen molar-refractivity contribution in [3.05, 3.63) is 48.0 Å². The molecule has 7 nitrogen and oxygen atoms in total. The van der Waals surface area contributed by atoms with E-state index in [1.807, 2.05) is 0 Å². The van der Waals surface area contributed by atoms with Crippen LogP contribution in [0.4, 0.5) is 5.69 Å². The highest BCUT2D eigenvalue weighted by Gasteiger charge is 2.16. The van der Waals surface area contributed by atoms with Crippen LogP contribution in [0.5, 0.6) is 11.5 Å². The van der Waals surface area contributed by atoms with Crippen molar-refractivity contribution in [1.29, 1.82) is 0 Å². The third kappa shape index (κ3) is 5.01. The number of amides is 1. The Labute approximate surface area is 160 Å². The average Bonchev–Trinajstić information content (AvgIpc) is 3.12. The fraction of sp³-hybridized carbons (Fsp3) is 0.211. The van der Waals surface area contributed by atoms with Crippen LogP contribution >= 0.6 is 11.8 Å². The smallest absolute Gasteiger partial charge is 0.339 e. The van der Waals surface area contributed by atoms with Gasteiger partial charge in [0.1, 0.15) is 6.61 Å². The van der Waals surface area contributed by atoms with Gasteiger partial charge in [0.25, 0.3) is 0 Å². The second-order valence-corrected chi connectivity index (χ2v) is 6.70. The molecule has 2 aromatic carbocycles. The van der Waals surface area contributed by atoms with Gasteiger partial charge in [0.15, 0.2) is 17.3 Å². The molecule has 0 aliphatic carbocycles. The van der Waals surface area contributed by atoms with Gasteiger partial charge in [-0.15, -0.1) is 11.8 Å². The molecular weight excluding hydrogens is 370 g/mol. The zero-order valence-corrected chi connectivity index (χ0v) is 15.3. The molecule has 0 unspecified atom stereocenters. The molecule has 0 radical (unpaired) electrons. The summed E-state index contributed by atoms with van der Waals surface area (Å²) >= 11 is 1.21. The molecule has 3 rings (SSSR count). The minimum atomic E-state index is -0.593. The number of carbonyl (C=O) groups is 3. The molecule has 1 aliphatic rings. The summed E-state index contributed by atoms with van der Waals surface area (Å²) in [6.07, 6.45) is 0. The van der Waals surface area contributed by atoms with Crippen molar-refractivity contribution < 1.29 is 28.6 Å². The zero-order chi connectivity index (χ0) is 19.2. The first-order chi connectivity index (χ1) is 13.0. The number of fused-ring (bicyclic) bond motifs is 1. The summed E-state index contributed by atoms with van der Waals surface area (Å²) < 4.78 is 15.5. The van der Waals surface area contributed by atoms with Gasteiger partial charge < -0.3 is 19.5 Å². The number of rotatable bonds is 7. The number of benzene rings is 2. The van der Waals surface area contributed by atoms with Crippen LogP contribution in [0.2, 0.25) is 0 Å². The second-order valence-electron chi connectivity index (χ2n) is 5.68. The van der Waals surface area contributed by atoms with E-state index in [0.717, 1.165) is 0 Å². The molecule has 1 aliphatic heterocycles. The molecule has 140 valence electrons. The minimum Gasteiger partial charge on any atom is -0.454 e.